The first kappa shape index (κ1) is 36.7. The van der Waals surface area contributed by atoms with E-state index in [0.29, 0.717) is 63.1 Å². The zero-order chi connectivity index (χ0) is 34.0. The van der Waals surface area contributed by atoms with Crippen LogP contribution in [0.15, 0.2) is 48.5 Å². The minimum atomic E-state index is -1.29. The number of nitrogens with zero attached hydrogens (tertiary/aromatic N) is 2. The zero-order valence-corrected chi connectivity index (χ0v) is 30.2. The number of carboxylic acid groups (broad SMARTS) is 1. The van der Waals surface area contributed by atoms with Crippen LogP contribution in [0.3, 0.4) is 0 Å². The lowest BCUT2D eigenvalue weighted by molar-refractivity contribution is -0.163. The van der Waals surface area contributed by atoms with E-state index < -0.39 is 17.4 Å². The number of hydrogen-bond donors (Lipinski definition) is 2. The smallest absolute Gasteiger partial charge is 0.330 e. The normalized spacial score (nSPS) is 23.6. The topological polar surface area (TPSA) is 110 Å². The number of methoxy groups -OCH3 is 2. The lowest BCUT2D eigenvalue weighted by atomic mass is 9.48. The molecule has 7 rings (SSSR count). The Kier molecular flexibility index (Phi) is 11.7. The van der Waals surface area contributed by atoms with Gasteiger partial charge in [0.25, 0.3) is 5.91 Å². The molecule has 0 unspecified atom stereocenters. The number of pyridine rings is 1. The van der Waals surface area contributed by atoms with Gasteiger partial charge >= 0.3 is 5.97 Å². The average Bonchev–Trinajstić information content (AvgIpc) is 3.09. The van der Waals surface area contributed by atoms with E-state index in [1.54, 1.807) is 26.4 Å². The summed E-state index contributed by atoms with van der Waals surface area (Å²) in [7, 11) is 3.19. The van der Waals surface area contributed by atoms with Crippen molar-refractivity contribution >= 4 is 35.9 Å². The van der Waals surface area contributed by atoms with E-state index in [1.807, 2.05) is 36.4 Å². The third-order valence-corrected chi connectivity index (χ3v) is 11.2. The van der Waals surface area contributed by atoms with Gasteiger partial charge in [-0.3, -0.25) is 4.79 Å². The third-order valence-electron chi connectivity index (χ3n) is 10.9. The van der Waals surface area contributed by atoms with E-state index in [9.17, 15) is 14.7 Å². The van der Waals surface area contributed by atoms with Gasteiger partial charge in [0.15, 0.2) is 0 Å². The Morgan fingerprint density at radius 2 is 1.57 bits per heavy atom. The molecule has 264 valence electrons. The van der Waals surface area contributed by atoms with Crippen LogP contribution in [0.4, 0.5) is 0 Å². The summed E-state index contributed by atoms with van der Waals surface area (Å²) in [4.78, 5) is 34.4. The Balaban J connectivity index is 0.00000468. The Hall–Kier alpha value is -3.53. The van der Waals surface area contributed by atoms with Crippen LogP contribution < -0.4 is 19.5 Å². The molecule has 1 aromatic heterocycles. The molecule has 4 fully saturated rings. The highest BCUT2D eigenvalue weighted by atomic mass is 35.5. The fraction of sp³-hybridized carbons (Fsp3) is 0.500. The number of aromatic nitrogens is 1. The molecule has 1 amide bonds. The van der Waals surface area contributed by atoms with E-state index in [-0.39, 0.29) is 29.9 Å². The van der Waals surface area contributed by atoms with Crippen LogP contribution in [0, 0.1) is 23.7 Å². The SMILES string of the molecule is CCN(CC)CCCOc1cc(-c2nc(C(=O)NC3(C(=O)O)C4CC5CC(C4)CC3C5)ccc2-c2c(OC)cccc2OC)ccc1Cl.Cl. The summed E-state index contributed by atoms with van der Waals surface area (Å²) in [6, 6.07) is 14.5. The molecule has 3 aromatic rings. The molecule has 49 heavy (non-hydrogen) atoms. The Bertz CT molecular complexity index is 1610. The first-order valence-electron chi connectivity index (χ1n) is 17.2. The molecule has 4 bridgehead atoms. The fourth-order valence-corrected chi connectivity index (χ4v) is 8.85. The zero-order valence-electron chi connectivity index (χ0n) is 28.7. The van der Waals surface area contributed by atoms with Gasteiger partial charge in [-0.15, -0.1) is 12.4 Å². The Morgan fingerprint density at radius 1 is 0.939 bits per heavy atom. The summed E-state index contributed by atoms with van der Waals surface area (Å²) in [6.07, 6.45) is 5.38. The summed E-state index contributed by atoms with van der Waals surface area (Å²) in [5.41, 5.74) is 1.37. The van der Waals surface area contributed by atoms with E-state index in [1.165, 1.54) is 6.42 Å². The van der Waals surface area contributed by atoms with Crippen molar-refractivity contribution in [2.45, 2.75) is 57.9 Å². The van der Waals surface area contributed by atoms with Crippen molar-refractivity contribution in [3.63, 3.8) is 0 Å². The van der Waals surface area contributed by atoms with E-state index >= 15 is 0 Å². The molecule has 0 spiro atoms. The number of carbonyl (C=O) groups excluding carboxylic acids is 1. The van der Waals surface area contributed by atoms with Crippen LogP contribution in [-0.4, -0.2) is 72.9 Å². The number of ether oxygens (including phenoxy) is 3. The average molecular weight is 713 g/mol. The van der Waals surface area contributed by atoms with Crippen molar-refractivity contribution in [1.29, 1.82) is 0 Å². The Morgan fingerprint density at radius 3 is 2.14 bits per heavy atom. The number of hydrogen-bond acceptors (Lipinski definition) is 7. The molecule has 0 radical (unpaired) electrons. The van der Waals surface area contributed by atoms with Crippen LogP contribution in [0.2, 0.25) is 5.02 Å². The van der Waals surface area contributed by atoms with Gasteiger partial charge < -0.3 is 29.5 Å². The maximum Gasteiger partial charge on any atom is 0.330 e. The molecule has 1 heterocycles. The second kappa shape index (κ2) is 15.6. The minimum Gasteiger partial charge on any atom is -0.496 e. The van der Waals surface area contributed by atoms with E-state index in [0.717, 1.165) is 51.7 Å². The first-order valence-corrected chi connectivity index (χ1v) is 17.5. The van der Waals surface area contributed by atoms with Gasteiger partial charge in [-0.05, 0) is 112 Å². The number of aliphatic carboxylic acids is 1. The predicted molar refractivity (Wildman–Crippen MR) is 193 cm³/mol. The monoisotopic (exact) mass is 711 g/mol. The van der Waals surface area contributed by atoms with Gasteiger partial charge in [0.1, 0.15) is 28.5 Å². The van der Waals surface area contributed by atoms with Gasteiger partial charge in [0, 0.05) is 17.7 Å². The van der Waals surface area contributed by atoms with Crippen molar-refractivity contribution in [2.24, 2.45) is 23.7 Å². The van der Waals surface area contributed by atoms with Gasteiger partial charge in [-0.25, -0.2) is 9.78 Å². The quantitative estimate of drug-likeness (QED) is 0.164. The fourth-order valence-electron chi connectivity index (χ4n) is 8.68. The molecule has 0 aliphatic heterocycles. The lowest BCUT2D eigenvalue weighted by Crippen LogP contribution is -2.70. The van der Waals surface area contributed by atoms with Crippen LogP contribution in [0.5, 0.6) is 17.2 Å². The summed E-state index contributed by atoms with van der Waals surface area (Å²) in [6.45, 7) is 7.66. The molecule has 0 saturated heterocycles. The first-order chi connectivity index (χ1) is 23.2. The van der Waals surface area contributed by atoms with Gasteiger partial charge in [0.2, 0.25) is 0 Å². The van der Waals surface area contributed by atoms with Gasteiger partial charge in [-0.2, -0.15) is 0 Å². The highest BCUT2D eigenvalue weighted by molar-refractivity contribution is 6.32. The van der Waals surface area contributed by atoms with Crippen LogP contribution in [-0.2, 0) is 4.79 Å². The summed E-state index contributed by atoms with van der Waals surface area (Å²) in [5, 5.41) is 14.2. The molecule has 4 saturated carbocycles. The molecular formula is C38H47Cl2N3O6. The van der Waals surface area contributed by atoms with Crippen LogP contribution in [0.1, 0.15) is 62.9 Å². The van der Waals surface area contributed by atoms with Crippen molar-refractivity contribution in [2.75, 3.05) is 40.5 Å². The number of benzene rings is 2. The second-order valence-electron chi connectivity index (χ2n) is 13.4. The van der Waals surface area contributed by atoms with Crippen LogP contribution in [0.25, 0.3) is 22.4 Å². The van der Waals surface area contributed by atoms with Crippen LogP contribution >= 0.6 is 24.0 Å². The molecule has 4 aliphatic rings. The standard InChI is InChI=1S/C38H46ClN3O6.ClH/c1-5-42(6-2)15-8-16-48-33-22-25(11-13-29(33)39)35-28(34-31(46-3)9-7-10-32(34)47-4)12-14-30(40-35)36(43)41-38(37(44)45)26-18-23-17-24(20-26)21-27(38)19-23;/h7,9-14,22-24,26-27H,5-6,8,15-21H2,1-4H3,(H,41,43)(H,44,45);1H. The second-order valence-corrected chi connectivity index (χ2v) is 13.8. The highest BCUT2D eigenvalue weighted by Gasteiger charge is 2.62. The molecule has 0 atom stereocenters. The number of carboxylic acids is 1. The predicted octanol–water partition coefficient (Wildman–Crippen LogP) is 7.63. The van der Waals surface area contributed by atoms with Gasteiger partial charge in [0.05, 0.1) is 37.1 Å². The highest BCUT2D eigenvalue weighted by Crippen LogP contribution is 2.58. The van der Waals surface area contributed by atoms with Crippen molar-refractivity contribution in [3.8, 4) is 39.6 Å². The third kappa shape index (κ3) is 7.08. The molecular weight excluding hydrogens is 665 g/mol. The largest absolute Gasteiger partial charge is 0.496 e. The van der Waals surface area contributed by atoms with E-state index in [2.05, 4.69) is 24.1 Å². The van der Waals surface area contributed by atoms with Crippen molar-refractivity contribution in [3.05, 3.63) is 59.2 Å². The summed E-state index contributed by atoms with van der Waals surface area (Å²) in [5.74, 6) is 1.18. The number of halogens is 2. The maximum atomic E-state index is 14.1. The minimum absolute atomic E-state index is 0. The number of amides is 1. The molecule has 9 nitrogen and oxygen atoms in total. The summed E-state index contributed by atoms with van der Waals surface area (Å²) < 4.78 is 17.7. The lowest BCUT2D eigenvalue weighted by Gasteiger charge is -2.59. The summed E-state index contributed by atoms with van der Waals surface area (Å²) >= 11 is 6.61. The van der Waals surface area contributed by atoms with Crippen molar-refractivity contribution < 1.29 is 28.9 Å². The van der Waals surface area contributed by atoms with Gasteiger partial charge in [-0.1, -0.05) is 37.6 Å². The number of carbonyl (C=O) groups is 2. The molecule has 2 aromatic carbocycles. The van der Waals surface area contributed by atoms with E-state index in [4.69, 9.17) is 30.8 Å². The Labute approximate surface area is 300 Å². The molecule has 4 aliphatic carbocycles. The van der Waals surface area contributed by atoms with Crippen molar-refractivity contribution in [1.82, 2.24) is 15.2 Å². The molecule has 11 heteroatoms. The number of rotatable bonds is 14. The maximum absolute atomic E-state index is 14.1. The molecule has 2 N–H and O–H groups in total. The number of nitrogens with one attached hydrogen (secondary N) is 1.